The van der Waals surface area contributed by atoms with Gasteiger partial charge in [0.15, 0.2) is 0 Å². The Morgan fingerprint density at radius 2 is 1.43 bits per heavy atom. The van der Waals surface area contributed by atoms with Crippen molar-refractivity contribution in [3.63, 3.8) is 0 Å². The first-order valence-corrected chi connectivity index (χ1v) is 18.4. The second-order valence-corrected chi connectivity index (χ2v) is 15.0. The summed E-state index contributed by atoms with van der Waals surface area (Å²) in [6.07, 6.45) is 23.2. The molecule has 3 heterocycles. The number of benzene rings is 4. The van der Waals surface area contributed by atoms with E-state index in [-0.39, 0.29) is 29.3 Å². The van der Waals surface area contributed by atoms with Gasteiger partial charge in [0.2, 0.25) is 0 Å². The molecule has 1 aliphatic heterocycles. The molecule has 0 saturated heterocycles. The van der Waals surface area contributed by atoms with Gasteiger partial charge in [0.05, 0.1) is 17.1 Å². The molecule has 2 aromatic heterocycles. The Morgan fingerprint density at radius 1 is 0.667 bits per heavy atom. The quantitative estimate of drug-likeness (QED) is 0.188. The Kier molecular flexibility index (Phi) is 6.76. The van der Waals surface area contributed by atoms with Crippen LogP contribution < -0.4 is 4.90 Å². The van der Waals surface area contributed by atoms with E-state index in [4.69, 9.17) is 4.98 Å². The number of para-hydroxylation sites is 2. The first-order valence-electron chi connectivity index (χ1n) is 18.4. The van der Waals surface area contributed by atoms with E-state index in [1.165, 1.54) is 55.5 Å². The van der Waals surface area contributed by atoms with Gasteiger partial charge in [-0.05, 0) is 59.4 Å². The minimum absolute atomic E-state index is 0.175. The number of aromatic nitrogens is 2. The van der Waals surface area contributed by atoms with Crippen LogP contribution in [0.5, 0.6) is 0 Å². The van der Waals surface area contributed by atoms with E-state index in [0.717, 1.165) is 11.3 Å². The van der Waals surface area contributed by atoms with Crippen molar-refractivity contribution in [3.05, 3.63) is 180 Å². The second kappa shape index (κ2) is 11.4. The molecular weight excluding hydrogens is 619 g/mol. The van der Waals surface area contributed by atoms with Gasteiger partial charge in [-0.3, -0.25) is 0 Å². The summed E-state index contributed by atoms with van der Waals surface area (Å²) in [5.74, 6) is 2.06. The summed E-state index contributed by atoms with van der Waals surface area (Å²) in [6, 6.07) is 38.1. The monoisotopic (exact) mass is 659 g/mol. The molecule has 0 saturated carbocycles. The molecule has 10 rings (SSSR count). The summed E-state index contributed by atoms with van der Waals surface area (Å²) in [5.41, 5.74) is 11.2. The molecule has 6 atom stereocenters. The zero-order valence-corrected chi connectivity index (χ0v) is 29.3. The normalized spacial score (nSPS) is 25.8. The number of fused-ring (bicyclic) bond motifs is 7. The average molecular weight is 660 g/mol. The van der Waals surface area contributed by atoms with Gasteiger partial charge in [-0.15, -0.1) is 0 Å². The summed E-state index contributed by atoms with van der Waals surface area (Å²) < 4.78 is 2.65. The van der Waals surface area contributed by atoms with Crippen LogP contribution >= 0.6 is 0 Å². The van der Waals surface area contributed by atoms with Gasteiger partial charge >= 0.3 is 0 Å². The number of pyridine rings is 1. The van der Waals surface area contributed by atoms with Crippen LogP contribution in [0.3, 0.4) is 0 Å². The molecule has 248 valence electrons. The Bertz CT molecular complexity index is 2510. The van der Waals surface area contributed by atoms with Gasteiger partial charge in [-0.25, -0.2) is 4.98 Å². The van der Waals surface area contributed by atoms with E-state index in [1.807, 2.05) is 0 Å². The summed E-state index contributed by atoms with van der Waals surface area (Å²) in [4.78, 5) is 8.00. The molecule has 3 aliphatic carbocycles. The van der Waals surface area contributed by atoms with Crippen molar-refractivity contribution in [1.82, 2.24) is 9.55 Å². The van der Waals surface area contributed by atoms with Crippen molar-refractivity contribution in [3.8, 4) is 11.1 Å². The summed E-state index contributed by atoms with van der Waals surface area (Å²) in [5, 5.41) is 2.56. The molecule has 0 N–H and O–H groups in total. The molecule has 6 unspecified atom stereocenters. The maximum atomic E-state index is 5.48. The standard InChI is InChI=1S/C48H41N3/c1-31-15-7-11-22-43(31)50-44-23-12-9-19-37(44)38-27-26-35(32(2)47(38)50)40-30-46(49-42-21-10-8-18-36(40)42)51-45-29-34(33-16-5-4-6-17-33)24-25-39(45)41-20-13-14-28-48(41,51)3/h4-32,35,41,43H,1-3H3. The molecule has 3 nitrogen and oxygen atoms in total. The molecule has 3 heteroatoms. The third-order valence-corrected chi connectivity index (χ3v) is 12.1. The topological polar surface area (TPSA) is 21.1 Å². The Balaban J connectivity index is 1.16. The number of nitrogens with zero attached hydrogens (tertiary/aromatic N) is 3. The van der Waals surface area contributed by atoms with Crippen LogP contribution in [0.2, 0.25) is 0 Å². The van der Waals surface area contributed by atoms with Crippen LogP contribution in [-0.2, 0) is 0 Å². The first-order chi connectivity index (χ1) is 25.0. The predicted molar refractivity (Wildman–Crippen MR) is 214 cm³/mol. The molecule has 0 amide bonds. The SMILES string of the molecule is CC1C=CC=CC1n1c2c(c3ccccc31)C=CC(c1cc(N3c4cc(-c5ccccc5)ccc4C4C=CC=CC43C)nc3ccccc13)C2C. The molecule has 0 fully saturated rings. The number of rotatable bonds is 4. The van der Waals surface area contributed by atoms with Crippen LogP contribution in [0.4, 0.5) is 11.5 Å². The zero-order chi connectivity index (χ0) is 34.3. The third-order valence-electron chi connectivity index (χ3n) is 12.1. The largest absolute Gasteiger partial charge is 0.336 e. The van der Waals surface area contributed by atoms with Crippen molar-refractivity contribution in [2.24, 2.45) is 5.92 Å². The molecule has 0 bridgehead atoms. The van der Waals surface area contributed by atoms with Crippen LogP contribution in [0.15, 0.2) is 158 Å². The summed E-state index contributed by atoms with van der Waals surface area (Å²) in [6.45, 7) is 7.15. The van der Waals surface area contributed by atoms with Gasteiger partial charge in [0, 0.05) is 51.0 Å². The minimum Gasteiger partial charge on any atom is -0.336 e. The maximum Gasteiger partial charge on any atom is 0.134 e. The van der Waals surface area contributed by atoms with E-state index < -0.39 is 0 Å². The van der Waals surface area contributed by atoms with E-state index in [2.05, 4.69) is 194 Å². The van der Waals surface area contributed by atoms with Crippen molar-refractivity contribution in [2.45, 2.75) is 50.1 Å². The van der Waals surface area contributed by atoms with Crippen LogP contribution in [-0.4, -0.2) is 15.1 Å². The Hall–Kier alpha value is -5.67. The van der Waals surface area contributed by atoms with E-state index in [1.54, 1.807) is 0 Å². The lowest BCUT2D eigenvalue weighted by Gasteiger charge is -2.39. The lowest BCUT2D eigenvalue weighted by Crippen LogP contribution is -2.42. The maximum absolute atomic E-state index is 5.48. The average Bonchev–Trinajstić information content (AvgIpc) is 3.64. The summed E-state index contributed by atoms with van der Waals surface area (Å²) in [7, 11) is 0. The van der Waals surface area contributed by atoms with Crippen LogP contribution in [0.1, 0.15) is 67.0 Å². The fourth-order valence-corrected chi connectivity index (χ4v) is 9.58. The Labute approximate surface area is 300 Å². The van der Waals surface area contributed by atoms with E-state index >= 15 is 0 Å². The highest BCUT2D eigenvalue weighted by Crippen LogP contribution is 2.55. The Morgan fingerprint density at radius 3 is 2.29 bits per heavy atom. The molecule has 6 aromatic rings. The first kappa shape index (κ1) is 30.2. The molecular formula is C48H41N3. The third kappa shape index (κ3) is 4.47. The molecule has 51 heavy (non-hydrogen) atoms. The lowest BCUT2D eigenvalue weighted by atomic mass is 9.78. The van der Waals surface area contributed by atoms with Gasteiger partial charge in [-0.1, -0.05) is 153 Å². The van der Waals surface area contributed by atoms with Gasteiger partial charge in [0.25, 0.3) is 0 Å². The van der Waals surface area contributed by atoms with Crippen molar-refractivity contribution in [2.75, 3.05) is 4.90 Å². The van der Waals surface area contributed by atoms with Crippen molar-refractivity contribution >= 4 is 39.4 Å². The predicted octanol–water partition coefficient (Wildman–Crippen LogP) is 12.2. The van der Waals surface area contributed by atoms with Gasteiger partial charge < -0.3 is 9.47 Å². The highest BCUT2D eigenvalue weighted by molar-refractivity contribution is 5.94. The van der Waals surface area contributed by atoms with Crippen molar-refractivity contribution in [1.29, 1.82) is 0 Å². The van der Waals surface area contributed by atoms with E-state index in [0.29, 0.717) is 5.92 Å². The molecule has 4 aromatic carbocycles. The number of anilines is 2. The smallest absolute Gasteiger partial charge is 0.134 e. The van der Waals surface area contributed by atoms with E-state index in [9.17, 15) is 0 Å². The molecule has 0 radical (unpaired) electrons. The van der Waals surface area contributed by atoms with Crippen LogP contribution in [0.25, 0.3) is 39.0 Å². The number of allylic oxidation sites excluding steroid dienone is 7. The number of hydrogen-bond donors (Lipinski definition) is 0. The van der Waals surface area contributed by atoms with Crippen molar-refractivity contribution < 1.29 is 0 Å². The highest BCUT2D eigenvalue weighted by Gasteiger charge is 2.48. The van der Waals surface area contributed by atoms with Gasteiger partial charge in [-0.2, -0.15) is 0 Å². The minimum atomic E-state index is -0.288. The molecule has 0 spiro atoms. The van der Waals surface area contributed by atoms with Crippen LogP contribution in [0, 0.1) is 5.92 Å². The highest BCUT2D eigenvalue weighted by atomic mass is 15.3. The zero-order valence-electron chi connectivity index (χ0n) is 29.3. The van der Waals surface area contributed by atoms with Gasteiger partial charge in [0.1, 0.15) is 5.82 Å². The molecule has 4 aliphatic rings. The fraction of sp³-hybridized carbons (Fsp3) is 0.188. The fourth-order valence-electron chi connectivity index (χ4n) is 9.58. The summed E-state index contributed by atoms with van der Waals surface area (Å²) >= 11 is 0. The lowest BCUT2D eigenvalue weighted by molar-refractivity contribution is 0.466. The second-order valence-electron chi connectivity index (χ2n) is 15.0. The number of hydrogen-bond acceptors (Lipinski definition) is 2.